The van der Waals surface area contributed by atoms with E-state index in [-0.39, 0.29) is 0 Å². The minimum Gasteiger partial charge on any atom is -0.333 e. The molecule has 1 heterocycles. The van der Waals surface area contributed by atoms with Crippen LogP contribution in [0.15, 0.2) is 23.4 Å². The monoisotopic (exact) mass is 261 g/mol. The van der Waals surface area contributed by atoms with E-state index in [4.69, 9.17) is 0 Å². The quantitative estimate of drug-likeness (QED) is 0.892. The molecule has 2 aromatic rings. The Balaban J connectivity index is 1.82. The van der Waals surface area contributed by atoms with E-state index in [2.05, 4.69) is 47.5 Å². The van der Waals surface area contributed by atoms with Gasteiger partial charge < -0.3 is 10.3 Å². The van der Waals surface area contributed by atoms with Gasteiger partial charge >= 0.3 is 0 Å². The Morgan fingerprint density at radius 3 is 3.11 bits per heavy atom. The Labute approximate surface area is 112 Å². The average molecular weight is 261 g/mol. The predicted octanol–water partition coefficient (Wildman–Crippen LogP) is 3.10. The molecule has 2 atom stereocenters. The Morgan fingerprint density at radius 1 is 1.39 bits per heavy atom. The number of aryl methyl sites for hydroxylation is 1. The van der Waals surface area contributed by atoms with Crippen LogP contribution in [0.4, 0.5) is 0 Å². The highest BCUT2D eigenvalue weighted by atomic mass is 32.2. The summed E-state index contributed by atoms with van der Waals surface area (Å²) in [5, 5.41) is 5.12. The molecule has 1 aliphatic rings. The minimum atomic E-state index is 0.630. The number of imidazole rings is 1. The van der Waals surface area contributed by atoms with Gasteiger partial charge in [0, 0.05) is 11.3 Å². The molecule has 1 fully saturated rings. The van der Waals surface area contributed by atoms with Gasteiger partial charge in [0.1, 0.15) is 0 Å². The Bertz CT molecular complexity index is 549. The highest BCUT2D eigenvalue weighted by Gasteiger charge is 2.27. The van der Waals surface area contributed by atoms with Gasteiger partial charge in [0.05, 0.1) is 11.0 Å². The molecule has 0 spiro atoms. The number of nitrogens with zero attached hydrogens (tertiary/aromatic N) is 1. The molecule has 1 saturated carbocycles. The lowest BCUT2D eigenvalue weighted by Gasteiger charge is -2.16. The molecule has 2 N–H and O–H groups in total. The highest BCUT2D eigenvalue weighted by molar-refractivity contribution is 7.99. The molecule has 2 unspecified atom stereocenters. The van der Waals surface area contributed by atoms with Crippen LogP contribution in [-0.2, 0) is 0 Å². The van der Waals surface area contributed by atoms with E-state index in [1.54, 1.807) is 0 Å². The average Bonchev–Trinajstić information content (AvgIpc) is 2.94. The second-order valence-corrected chi connectivity index (χ2v) is 6.27. The van der Waals surface area contributed by atoms with E-state index >= 15 is 0 Å². The molecule has 1 aromatic heterocycles. The number of fused-ring (bicyclic) bond motifs is 1. The van der Waals surface area contributed by atoms with Crippen LogP contribution >= 0.6 is 11.8 Å². The van der Waals surface area contributed by atoms with Crippen molar-refractivity contribution < 1.29 is 0 Å². The summed E-state index contributed by atoms with van der Waals surface area (Å²) in [6, 6.07) is 7.00. The molecule has 0 amide bonds. The van der Waals surface area contributed by atoms with Gasteiger partial charge in [-0.2, -0.15) is 0 Å². The SMILES string of the molecule is CNC1CCCC1Sc1nc2ccc(C)cc2[nH]1. The fraction of sp³-hybridized carbons (Fsp3) is 0.500. The first-order valence-electron chi connectivity index (χ1n) is 6.56. The summed E-state index contributed by atoms with van der Waals surface area (Å²) in [5.74, 6) is 0. The molecule has 0 saturated heterocycles. The third-order valence-electron chi connectivity index (χ3n) is 3.70. The maximum absolute atomic E-state index is 4.67. The van der Waals surface area contributed by atoms with Crippen molar-refractivity contribution in [2.75, 3.05) is 7.05 Å². The van der Waals surface area contributed by atoms with Gasteiger partial charge in [-0.15, -0.1) is 0 Å². The first kappa shape index (κ1) is 12.1. The highest BCUT2D eigenvalue weighted by Crippen LogP contribution is 2.34. The third kappa shape index (κ3) is 2.27. The van der Waals surface area contributed by atoms with Crippen LogP contribution in [0.2, 0.25) is 0 Å². The van der Waals surface area contributed by atoms with E-state index in [1.807, 2.05) is 11.8 Å². The van der Waals surface area contributed by atoms with Crippen molar-refractivity contribution in [1.82, 2.24) is 15.3 Å². The fourth-order valence-corrected chi connectivity index (χ4v) is 4.02. The molecule has 0 bridgehead atoms. The van der Waals surface area contributed by atoms with Gasteiger partial charge in [0.25, 0.3) is 0 Å². The van der Waals surface area contributed by atoms with Gasteiger partial charge in [-0.3, -0.25) is 0 Å². The van der Waals surface area contributed by atoms with E-state index in [0.29, 0.717) is 11.3 Å². The summed E-state index contributed by atoms with van der Waals surface area (Å²) < 4.78 is 0. The maximum atomic E-state index is 4.67. The number of nitrogens with one attached hydrogen (secondary N) is 2. The molecule has 0 aliphatic heterocycles. The summed E-state index contributed by atoms with van der Waals surface area (Å²) in [7, 11) is 2.06. The molecule has 1 aromatic carbocycles. The van der Waals surface area contributed by atoms with Gasteiger partial charge in [0.15, 0.2) is 5.16 Å². The molecule has 1 aliphatic carbocycles. The summed E-state index contributed by atoms with van der Waals surface area (Å²) in [6.45, 7) is 2.11. The second kappa shape index (κ2) is 4.94. The van der Waals surface area contributed by atoms with Crippen LogP contribution in [0.5, 0.6) is 0 Å². The Kier molecular flexibility index (Phi) is 3.31. The zero-order valence-electron chi connectivity index (χ0n) is 10.9. The van der Waals surface area contributed by atoms with Gasteiger partial charge in [-0.05, 0) is 44.5 Å². The minimum absolute atomic E-state index is 0.630. The maximum Gasteiger partial charge on any atom is 0.166 e. The molecular formula is C14H19N3S. The number of thioether (sulfide) groups is 1. The van der Waals surface area contributed by atoms with Gasteiger partial charge in [-0.1, -0.05) is 24.2 Å². The first-order chi connectivity index (χ1) is 8.76. The summed E-state index contributed by atoms with van der Waals surface area (Å²) in [6.07, 6.45) is 3.89. The van der Waals surface area contributed by atoms with Crippen molar-refractivity contribution in [2.24, 2.45) is 0 Å². The van der Waals surface area contributed by atoms with Crippen molar-refractivity contribution in [3.63, 3.8) is 0 Å². The molecule has 4 heteroatoms. The Hall–Kier alpha value is -1.00. The van der Waals surface area contributed by atoms with Crippen molar-refractivity contribution in [3.8, 4) is 0 Å². The van der Waals surface area contributed by atoms with Crippen molar-refractivity contribution in [1.29, 1.82) is 0 Å². The standard InChI is InChI=1S/C14H19N3S/c1-9-6-7-10-12(8-9)17-14(16-10)18-13-5-3-4-11(13)15-2/h6-8,11,13,15H,3-5H2,1-2H3,(H,16,17). The molecule has 3 rings (SSSR count). The topological polar surface area (TPSA) is 40.7 Å². The predicted molar refractivity (Wildman–Crippen MR) is 77.2 cm³/mol. The van der Waals surface area contributed by atoms with Crippen LogP contribution < -0.4 is 5.32 Å². The van der Waals surface area contributed by atoms with Crippen LogP contribution in [0, 0.1) is 6.92 Å². The Morgan fingerprint density at radius 2 is 2.28 bits per heavy atom. The number of H-pyrrole nitrogens is 1. The molecule has 96 valence electrons. The first-order valence-corrected chi connectivity index (χ1v) is 7.44. The lowest BCUT2D eigenvalue weighted by atomic mass is 10.2. The second-order valence-electron chi connectivity index (χ2n) is 5.04. The largest absolute Gasteiger partial charge is 0.333 e. The summed E-state index contributed by atoms with van der Waals surface area (Å²) in [5.41, 5.74) is 3.50. The van der Waals surface area contributed by atoms with Crippen LogP contribution in [-0.4, -0.2) is 28.3 Å². The van der Waals surface area contributed by atoms with E-state index in [1.165, 1.54) is 24.8 Å². The fourth-order valence-electron chi connectivity index (χ4n) is 2.70. The zero-order valence-corrected chi connectivity index (χ0v) is 11.7. The smallest absolute Gasteiger partial charge is 0.166 e. The van der Waals surface area contributed by atoms with Crippen LogP contribution in [0.25, 0.3) is 11.0 Å². The lowest BCUT2D eigenvalue weighted by molar-refractivity contribution is 0.591. The number of aromatic amines is 1. The summed E-state index contributed by atoms with van der Waals surface area (Å²) >= 11 is 1.89. The molecule has 18 heavy (non-hydrogen) atoms. The molecule has 0 radical (unpaired) electrons. The van der Waals surface area contributed by atoms with Crippen molar-refractivity contribution >= 4 is 22.8 Å². The number of hydrogen-bond acceptors (Lipinski definition) is 3. The number of benzene rings is 1. The van der Waals surface area contributed by atoms with Gasteiger partial charge in [-0.25, -0.2) is 4.98 Å². The summed E-state index contributed by atoms with van der Waals surface area (Å²) in [4.78, 5) is 8.10. The molecular weight excluding hydrogens is 242 g/mol. The van der Waals surface area contributed by atoms with Crippen LogP contribution in [0.1, 0.15) is 24.8 Å². The van der Waals surface area contributed by atoms with E-state index in [9.17, 15) is 0 Å². The van der Waals surface area contributed by atoms with Crippen molar-refractivity contribution in [3.05, 3.63) is 23.8 Å². The number of aromatic nitrogens is 2. The number of hydrogen-bond donors (Lipinski definition) is 2. The van der Waals surface area contributed by atoms with E-state index in [0.717, 1.165) is 16.2 Å². The van der Waals surface area contributed by atoms with E-state index < -0.39 is 0 Å². The van der Waals surface area contributed by atoms with Crippen LogP contribution in [0.3, 0.4) is 0 Å². The normalized spacial score (nSPS) is 23.9. The van der Waals surface area contributed by atoms with Crippen molar-refractivity contribution in [2.45, 2.75) is 42.6 Å². The zero-order chi connectivity index (χ0) is 12.5. The molecule has 3 nitrogen and oxygen atoms in total. The number of rotatable bonds is 3. The lowest BCUT2D eigenvalue weighted by Crippen LogP contribution is -2.30. The van der Waals surface area contributed by atoms with Gasteiger partial charge in [0.2, 0.25) is 0 Å². The third-order valence-corrected chi connectivity index (χ3v) is 4.99.